The molecule has 2 aromatic carbocycles. The summed E-state index contributed by atoms with van der Waals surface area (Å²) in [6.45, 7) is 10.3. The van der Waals surface area contributed by atoms with Gasteiger partial charge in [-0.1, -0.05) is 68.4 Å². The van der Waals surface area contributed by atoms with E-state index in [4.69, 9.17) is 14.0 Å². The predicted octanol–water partition coefficient (Wildman–Crippen LogP) is 5.07. The van der Waals surface area contributed by atoms with E-state index in [1.165, 1.54) is 5.56 Å². The first kappa shape index (κ1) is 25.0. The van der Waals surface area contributed by atoms with E-state index in [0.29, 0.717) is 23.4 Å². The highest BCUT2D eigenvalue weighted by Crippen LogP contribution is 2.34. The van der Waals surface area contributed by atoms with Crippen molar-refractivity contribution in [2.24, 2.45) is 0 Å². The van der Waals surface area contributed by atoms with Crippen molar-refractivity contribution in [2.45, 2.75) is 44.9 Å². The van der Waals surface area contributed by atoms with Crippen LogP contribution in [0.1, 0.15) is 37.6 Å². The lowest BCUT2D eigenvalue weighted by atomic mass is 9.86. The van der Waals surface area contributed by atoms with Crippen molar-refractivity contribution in [3.63, 3.8) is 0 Å². The lowest BCUT2D eigenvalue weighted by Gasteiger charge is -2.24. The fourth-order valence-electron chi connectivity index (χ4n) is 3.36. The number of sulfonamides is 1. The van der Waals surface area contributed by atoms with E-state index in [9.17, 15) is 8.42 Å². The zero-order valence-corrected chi connectivity index (χ0v) is 20.9. The van der Waals surface area contributed by atoms with Crippen LogP contribution in [0.2, 0.25) is 0 Å². The third kappa shape index (κ3) is 5.46. The highest BCUT2D eigenvalue weighted by Gasteiger charge is 2.32. The molecule has 0 bridgehead atoms. The normalized spacial score (nSPS) is 12.2. The number of aromatic nitrogens is 1. The number of benzene rings is 2. The summed E-state index contributed by atoms with van der Waals surface area (Å²) in [6.07, 6.45) is 0. The molecule has 0 atom stereocenters. The van der Waals surface area contributed by atoms with Crippen LogP contribution in [0.5, 0.6) is 0 Å². The number of hydrogen-bond donors (Lipinski definition) is 0. The van der Waals surface area contributed by atoms with Crippen molar-refractivity contribution in [3.05, 3.63) is 65.4 Å². The predicted molar refractivity (Wildman–Crippen MR) is 129 cm³/mol. The second kappa shape index (κ2) is 10.1. The van der Waals surface area contributed by atoms with Gasteiger partial charge in [-0.2, -0.15) is 0 Å². The van der Waals surface area contributed by atoms with Crippen LogP contribution in [0.3, 0.4) is 0 Å². The molecule has 0 aliphatic heterocycles. The first-order chi connectivity index (χ1) is 15.6. The maximum absolute atomic E-state index is 13.9. The first-order valence-corrected chi connectivity index (χ1v) is 12.2. The molecule has 0 aliphatic carbocycles. The fraction of sp³-hybridized carbons (Fsp3) is 0.400. The van der Waals surface area contributed by atoms with Gasteiger partial charge in [-0.05, 0) is 36.5 Å². The Labute approximate surface area is 196 Å². The van der Waals surface area contributed by atoms with Gasteiger partial charge in [0.05, 0.1) is 23.8 Å². The Morgan fingerprint density at radius 3 is 2.24 bits per heavy atom. The van der Waals surface area contributed by atoms with E-state index in [1.54, 1.807) is 39.2 Å². The third-order valence-electron chi connectivity index (χ3n) is 5.52. The molecule has 3 rings (SSSR count). The summed E-state index contributed by atoms with van der Waals surface area (Å²) in [5, 5.41) is 3.94. The summed E-state index contributed by atoms with van der Waals surface area (Å²) in [6, 6.07) is 14.9. The first-order valence-electron chi connectivity index (χ1n) is 10.8. The van der Waals surface area contributed by atoms with Gasteiger partial charge in [0.15, 0.2) is 0 Å². The minimum Gasteiger partial charge on any atom is -0.382 e. The summed E-state index contributed by atoms with van der Waals surface area (Å²) in [7, 11) is -2.48. The maximum atomic E-state index is 13.9. The molecular formula is C25H32N2O5S. The number of aryl methyl sites for hydroxylation is 1. The largest absolute Gasteiger partial charge is 0.382 e. The second-order valence-corrected chi connectivity index (χ2v) is 10.7. The number of ether oxygens (including phenoxy) is 2. The van der Waals surface area contributed by atoms with E-state index in [2.05, 4.69) is 25.9 Å². The molecule has 33 heavy (non-hydrogen) atoms. The maximum Gasteiger partial charge on any atom is 0.269 e. The number of hydrogen-bond acceptors (Lipinski definition) is 6. The zero-order chi connectivity index (χ0) is 24.2. The molecule has 0 unspecified atom stereocenters. The van der Waals surface area contributed by atoms with Crippen LogP contribution in [0, 0.1) is 13.8 Å². The molecule has 0 aliphatic rings. The number of nitrogens with zero attached hydrogens (tertiary/aromatic N) is 2. The number of rotatable bonds is 9. The molecule has 0 N–H and O–H groups in total. The fourth-order valence-corrected chi connectivity index (χ4v) is 4.92. The highest BCUT2D eigenvalue weighted by atomic mass is 32.2. The molecule has 0 radical (unpaired) electrons. The number of methoxy groups -OCH3 is 1. The van der Waals surface area contributed by atoms with Crippen molar-refractivity contribution in [3.8, 4) is 11.1 Å². The van der Waals surface area contributed by atoms with Gasteiger partial charge in [0, 0.05) is 18.2 Å². The van der Waals surface area contributed by atoms with Crippen molar-refractivity contribution >= 4 is 15.9 Å². The van der Waals surface area contributed by atoms with Gasteiger partial charge in [0.1, 0.15) is 6.73 Å². The van der Waals surface area contributed by atoms with Gasteiger partial charge in [-0.25, -0.2) is 12.7 Å². The van der Waals surface area contributed by atoms with E-state index in [-0.39, 0.29) is 29.5 Å². The molecule has 0 saturated carbocycles. The molecule has 0 spiro atoms. The van der Waals surface area contributed by atoms with Gasteiger partial charge >= 0.3 is 0 Å². The van der Waals surface area contributed by atoms with E-state index >= 15 is 0 Å². The Bertz CT molecular complexity index is 1180. The van der Waals surface area contributed by atoms with Crippen LogP contribution in [-0.2, 0) is 24.9 Å². The molecule has 3 aromatic rings. The molecule has 0 fully saturated rings. The Kier molecular flexibility index (Phi) is 7.62. The van der Waals surface area contributed by atoms with Gasteiger partial charge in [0.25, 0.3) is 10.0 Å². The monoisotopic (exact) mass is 472 g/mol. The average molecular weight is 473 g/mol. The highest BCUT2D eigenvalue weighted by molar-refractivity contribution is 7.93. The standard InChI is InChI=1S/C25H32N2O5S/c1-18-19(2)26-32-24(18)27(17-31-16-15-30-6)33(28,29)23-10-8-7-9-22(23)20-11-13-21(14-12-20)25(3,4)5/h7-14H,15-17H2,1-6H3. The molecular weight excluding hydrogens is 440 g/mol. The topological polar surface area (TPSA) is 81.9 Å². The van der Waals surface area contributed by atoms with Crippen LogP contribution >= 0.6 is 0 Å². The number of anilines is 1. The summed E-state index contributed by atoms with van der Waals surface area (Å²) in [5.41, 5.74) is 3.85. The van der Waals surface area contributed by atoms with Crippen molar-refractivity contribution in [1.82, 2.24) is 5.16 Å². The summed E-state index contributed by atoms with van der Waals surface area (Å²) in [5.74, 6) is 0.141. The Morgan fingerprint density at radius 1 is 1.00 bits per heavy atom. The van der Waals surface area contributed by atoms with Gasteiger partial charge in [0.2, 0.25) is 5.88 Å². The smallest absolute Gasteiger partial charge is 0.269 e. The zero-order valence-electron chi connectivity index (χ0n) is 20.1. The molecule has 1 heterocycles. The Morgan fingerprint density at radius 2 is 1.67 bits per heavy atom. The van der Waals surface area contributed by atoms with Gasteiger partial charge in [-0.15, -0.1) is 0 Å². The van der Waals surface area contributed by atoms with Crippen LogP contribution < -0.4 is 4.31 Å². The lowest BCUT2D eigenvalue weighted by Crippen LogP contribution is -2.34. The van der Waals surface area contributed by atoms with E-state index in [0.717, 1.165) is 9.87 Å². The van der Waals surface area contributed by atoms with E-state index < -0.39 is 10.0 Å². The summed E-state index contributed by atoms with van der Waals surface area (Å²) >= 11 is 0. The van der Waals surface area contributed by atoms with Crippen molar-refractivity contribution < 1.29 is 22.4 Å². The summed E-state index contributed by atoms with van der Waals surface area (Å²) in [4.78, 5) is 0.164. The Balaban J connectivity index is 2.06. The molecule has 7 nitrogen and oxygen atoms in total. The Hall–Kier alpha value is -2.68. The lowest BCUT2D eigenvalue weighted by molar-refractivity contribution is 0.0744. The molecule has 1 aromatic heterocycles. The van der Waals surface area contributed by atoms with Crippen molar-refractivity contribution in [2.75, 3.05) is 31.4 Å². The molecule has 8 heteroatoms. The molecule has 0 amide bonds. The van der Waals surface area contributed by atoms with Crippen molar-refractivity contribution in [1.29, 1.82) is 0 Å². The van der Waals surface area contributed by atoms with Crippen LogP contribution in [0.4, 0.5) is 5.88 Å². The van der Waals surface area contributed by atoms with Crippen LogP contribution in [0.15, 0.2) is 57.9 Å². The van der Waals surface area contributed by atoms with Crippen LogP contribution in [0.25, 0.3) is 11.1 Å². The van der Waals surface area contributed by atoms with Gasteiger partial charge < -0.3 is 14.0 Å². The minimum absolute atomic E-state index is 0.00212. The molecule has 0 saturated heterocycles. The summed E-state index contributed by atoms with van der Waals surface area (Å²) < 4.78 is 44.9. The van der Waals surface area contributed by atoms with E-state index in [1.807, 2.05) is 30.3 Å². The minimum atomic E-state index is -4.03. The molecule has 178 valence electrons. The average Bonchev–Trinajstić information content (AvgIpc) is 3.11. The third-order valence-corrected chi connectivity index (χ3v) is 7.28. The SMILES string of the molecule is COCCOCN(c1onc(C)c1C)S(=O)(=O)c1ccccc1-c1ccc(C(C)(C)C)cc1. The quantitative estimate of drug-likeness (QED) is 0.319. The second-order valence-electron chi connectivity index (χ2n) is 8.91. The van der Waals surface area contributed by atoms with Crippen LogP contribution in [-0.4, -0.2) is 40.6 Å². The van der Waals surface area contributed by atoms with Gasteiger partial charge in [-0.3, -0.25) is 0 Å².